The SMILES string of the molecule is COc1cc(/C=C/C(=O)c2ccc3c(c2)OCCCO3)cc([N+](=O)[O-])c1[O-]. The van der Waals surface area contributed by atoms with E-state index in [0.717, 1.165) is 12.5 Å². The van der Waals surface area contributed by atoms with Crippen LogP contribution in [0.25, 0.3) is 6.08 Å². The standard InChI is InChI=1S/C19H17NO7/c1-25-18-10-12(9-14(19(18)22)20(23)24)3-5-15(21)13-4-6-16-17(11-13)27-8-2-7-26-16/h3-6,9-11,22H,2,7-8H2,1H3/p-1/b5-3+. The fraction of sp³-hybridized carbons (Fsp3) is 0.211. The summed E-state index contributed by atoms with van der Waals surface area (Å²) < 4.78 is 16.0. The molecular formula is C19H16NO7-. The van der Waals surface area contributed by atoms with Gasteiger partial charge < -0.3 is 19.3 Å². The second-order valence-electron chi connectivity index (χ2n) is 5.74. The van der Waals surface area contributed by atoms with Crippen LogP contribution in [-0.4, -0.2) is 31.0 Å². The number of nitro benzene ring substituents is 1. The highest BCUT2D eigenvalue weighted by molar-refractivity contribution is 6.07. The lowest BCUT2D eigenvalue weighted by molar-refractivity contribution is -0.398. The predicted octanol–water partition coefficient (Wildman–Crippen LogP) is 2.73. The summed E-state index contributed by atoms with van der Waals surface area (Å²) in [6, 6.07) is 7.32. The van der Waals surface area contributed by atoms with Crippen LogP contribution in [-0.2, 0) is 0 Å². The maximum atomic E-state index is 12.4. The maximum Gasteiger partial charge on any atom is 0.266 e. The molecular weight excluding hydrogens is 354 g/mol. The number of carbonyl (C=O) groups excluding carboxylic acids is 1. The largest absolute Gasteiger partial charge is 0.865 e. The fourth-order valence-electron chi connectivity index (χ4n) is 2.58. The van der Waals surface area contributed by atoms with Crippen molar-refractivity contribution < 1.29 is 29.0 Å². The van der Waals surface area contributed by atoms with E-state index < -0.39 is 16.4 Å². The van der Waals surface area contributed by atoms with E-state index in [1.807, 2.05) is 0 Å². The summed E-state index contributed by atoms with van der Waals surface area (Å²) in [5, 5.41) is 22.8. The third kappa shape index (κ3) is 4.00. The van der Waals surface area contributed by atoms with E-state index in [1.54, 1.807) is 18.2 Å². The molecule has 8 nitrogen and oxygen atoms in total. The second kappa shape index (κ2) is 7.77. The van der Waals surface area contributed by atoms with Gasteiger partial charge in [-0.25, -0.2) is 0 Å². The molecule has 27 heavy (non-hydrogen) atoms. The molecule has 0 atom stereocenters. The molecule has 0 radical (unpaired) electrons. The smallest absolute Gasteiger partial charge is 0.266 e. The van der Waals surface area contributed by atoms with Crippen LogP contribution in [0, 0.1) is 10.1 Å². The number of hydrogen-bond donors (Lipinski definition) is 0. The molecule has 1 aliphatic heterocycles. The van der Waals surface area contributed by atoms with Crippen molar-refractivity contribution >= 4 is 17.5 Å². The zero-order valence-corrected chi connectivity index (χ0v) is 14.5. The van der Waals surface area contributed by atoms with E-state index in [1.165, 1.54) is 25.3 Å². The minimum Gasteiger partial charge on any atom is -0.865 e. The summed E-state index contributed by atoms with van der Waals surface area (Å²) in [5.74, 6) is -0.210. The van der Waals surface area contributed by atoms with E-state index >= 15 is 0 Å². The van der Waals surface area contributed by atoms with Crippen LogP contribution < -0.4 is 19.3 Å². The topological polar surface area (TPSA) is 111 Å². The van der Waals surface area contributed by atoms with E-state index in [-0.39, 0.29) is 11.5 Å². The number of rotatable bonds is 5. The lowest BCUT2D eigenvalue weighted by Gasteiger charge is -2.13. The third-order valence-electron chi connectivity index (χ3n) is 3.93. The number of methoxy groups -OCH3 is 1. The molecule has 0 saturated carbocycles. The van der Waals surface area contributed by atoms with Crippen LogP contribution in [0.3, 0.4) is 0 Å². The molecule has 0 N–H and O–H groups in total. The first kappa shape index (κ1) is 18.2. The Balaban J connectivity index is 1.86. The molecule has 0 aromatic heterocycles. The zero-order chi connectivity index (χ0) is 19.4. The normalized spacial score (nSPS) is 13.2. The Hall–Kier alpha value is -3.55. The van der Waals surface area contributed by atoms with Crippen LogP contribution >= 0.6 is 0 Å². The van der Waals surface area contributed by atoms with Gasteiger partial charge in [0.05, 0.1) is 25.2 Å². The van der Waals surface area contributed by atoms with Crippen molar-refractivity contribution in [2.45, 2.75) is 6.42 Å². The molecule has 140 valence electrons. The molecule has 0 amide bonds. The number of carbonyl (C=O) groups is 1. The van der Waals surface area contributed by atoms with E-state index in [9.17, 15) is 20.0 Å². The van der Waals surface area contributed by atoms with Gasteiger partial charge in [-0.1, -0.05) is 6.08 Å². The van der Waals surface area contributed by atoms with Gasteiger partial charge in [0.2, 0.25) is 0 Å². The average Bonchev–Trinajstić information content (AvgIpc) is 2.91. The minimum atomic E-state index is -0.811. The van der Waals surface area contributed by atoms with Crippen LogP contribution in [0.4, 0.5) is 5.69 Å². The van der Waals surface area contributed by atoms with E-state index in [2.05, 4.69) is 0 Å². The Bertz CT molecular complexity index is 921. The van der Waals surface area contributed by atoms with Crippen molar-refractivity contribution in [1.29, 1.82) is 0 Å². The Labute approximate surface area is 154 Å². The van der Waals surface area contributed by atoms with E-state index in [0.29, 0.717) is 35.8 Å². The molecule has 1 aliphatic rings. The molecule has 0 spiro atoms. The van der Waals surface area contributed by atoms with Crippen molar-refractivity contribution in [3.63, 3.8) is 0 Å². The zero-order valence-electron chi connectivity index (χ0n) is 14.5. The van der Waals surface area contributed by atoms with Gasteiger partial charge in [0.1, 0.15) is 5.75 Å². The quantitative estimate of drug-likeness (QED) is 0.344. The fourth-order valence-corrected chi connectivity index (χ4v) is 2.58. The number of benzene rings is 2. The van der Waals surface area contributed by atoms with Gasteiger partial charge in [-0.2, -0.15) is 0 Å². The molecule has 2 aromatic rings. The number of nitro groups is 1. The van der Waals surface area contributed by atoms with Crippen LogP contribution in [0.1, 0.15) is 22.3 Å². The van der Waals surface area contributed by atoms with Crippen molar-refractivity contribution in [2.24, 2.45) is 0 Å². The average molecular weight is 370 g/mol. The van der Waals surface area contributed by atoms with Crippen LogP contribution in [0.15, 0.2) is 36.4 Å². The lowest BCUT2D eigenvalue weighted by Crippen LogP contribution is -2.01. The van der Waals surface area contributed by atoms with Crippen molar-refractivity contribution in [3.8, 4) is 23.0 Å². The number of ether oxygens (including phenoxy) is 3. The molecule has 0 aliphatic carbocycles. The Morgan fingerprint density at radius 2 is 1.93 bits per heavy atom. The number of nitrogens with zero attached hydrogens (tertiary/aromatic N) is 1. The number of hydrogen-bond acceptors (Lipinski definition) is 7. The highest BCUT2D eigenvalue weighted by Crippen LogP contribution is 2.35. The van der Waals surface area contributed by atoms with Gasteiger partial charge in [0, 0.05) is 23.8 Å². The summed E-state index contributed by atoms with van der Waals surface area (Å²) in [7, 11) is 1.25. The number of allylic oxidation sites excluding steroid dienone is 1. The monoisotopic (exact) mass is 370 g/mol. The van der Waals surface area contributed by atoms with Gasteiger partial charge in [-0.3, -0.25) is 14.9 Å². The Morgan fingerprint density at radius 3 is 2.63 bits per heavy atom. The third-order valence-corrected chi connectivity index (χ3v) is 3.93. The molecule has 0 fully saturated rings. The van der Waals surface area contributed by atoms with Crippen LogP contribution in [0.5, 0.6) is 23.0 Å². The predicted molar refractivity (Wildman–Crippen MR) is 94.5 cm³/mol. The first-order valence-corrected chi connectivity index (χ1v) is 8.15. The molecule has 2 aromatic carbocycles. The Morgan fingerprint density at radius 1 is 1.19 bits per heavy atom. The molecule has 0 saturated heterocycles. The molecule has 1 heterocycles. The second-order valence-corrected chi connectivity index (χ2v) is 5.74. The lowest BCUT2D eigenvalue weighted by atomic mass is 10.1. The van der Waals surface area contributed by atoms with Crippen molar-refractivity contribution in [2.75, 3.05) is 20.3 Å². The van der Waals surface area contributed by atoms with Gasteiger partial charge in [0.15, 0.2) is 17.3 Å². The number of fused-ring (bicyclic) bond motifs is 1. The number of ketones is 1. The van der Waals surface area contributed by atoms with Gasteiger partial charge in [-0.05, 0) is 35.9 Å². The molecule has 3 rings (SSSR count). The molecule has 0 bridgehead atoms. The molecule has 8 heteroatoms. The summed E-state index contributed by atoms with van der Waals surface area (Å²) in [6.45, 7) is 1.06. The van der Waals surface area contributed by atoms with Gasteiger partial charge in [-0.15, -0.1) is 0 Å². The summed E-state index contributed by atoms with van der Waals surface area (Å²) in [5.41, 5.74) is 0.0790. The highest BCUT2D eigenvalue weighted by Gasteiger charge is 2.14. The van der Waals surface area contributed by atoms with Gasteiger partial charge in [0.25, 0.3) is 5.69 Å². The van der Waals surface area contributed by atoms with Crippen LogP contribution in [0.2, 0.25) is 0 Å². The summed E-state index contributed by atoms with van der Waals surface area (Å²) in [6.07, 6.45) is 3.41. The summed E-state index contributed by atoms with van der Waals surface area (Å²) in [4.78, 5) is 22.6. The maximum absolute atomic E-state index is 12.4. The molecule has 0 unspecified atom stereocenters. The first-order valence-electron chi connectivity index (χ1n) is 8.15. The highest BCUT2D eigenvalue weighted by atomic mass is 16.6. The van der Waals surface area contributed by atoms with Crippen molar-refractivity contribution in [3.05, 3.63) is 57.6 Å². The van der Waals surface area contributed by atoms with Crippen molar-refractivity contribution in [1.82, 2.24) is 0 Å². The summed E-state index contributed by atoms with van der Waals surface area (Å²) >= 11 is 0. The van der Waals surface area contributed by atoms with Gasteiger partial charge >= 0.3 is 0 Å². The van der Waals surface area contributed by atoms with E-state index in [4.69, 9.17) is 14.2 Å². The first-order chi connectivity index (χ1) is 13.0. The Kier molecular flexibility index (Phi) is 5.25. The minimum absolute atomic E-state index is 0.160.